The van der Waals surface area contributed by atoms with Crippen LogP contribution in [0.1, 0.15) is 19.8 Å². The van der Waals surface area contributed by atoms with E-state index >= 15 is 0 Å². The number of aliphatic hydroxyl groups is 3. The molecule has 1 fully saturated rings. The van der Waals surface area contributed by atoms with E-state index in [4.69, 9.17) is 21.1 Å². The zero-order chi connectivity index (χ0) is 16.5. The first kappa shape index (κ1) is 19.4. The third-order valence-electron chi connectivity index (χ3n) is 3.34. The van der Waals surface area contributed by atoms with Crippen LogP contribution in [0.2, 0.25) is 0 Å². The second kappa shape index (κ2) is 10.2. The summed E-state index contributed by atoms with van der Waals surface area (Å²) in [7, 11) is 0. The van der Waals surface area contributed by atoms with Gasteiger partial charge in [-0.15, -0.1) is 11.6 Å². The van der Waals surface area contributed by atoms with Gasteiger partial charge in [-0.25, -0.2) is 4.79 Å². The molecule has 0 unspecified atom stereocenters. The molecule has 0 radical (unpaired) electrons. The fourth-order valence-electron chi connectivity index (χ4n) is 2.09. The lowest BCUT2D eigenvalue weighted by Gasteiger charge is -2.42. The van der Waals surface area contributed by atoms with Crippen molar-refractivity contribution in [3.05, 3.63) is 0 Å². The van der Waals surface area contributed by atoms with E-state index in [9.17, 15) is 20.1 Å². The highest BCUT2D eigenvalue weighted by Gasteiger charge is 2.45. The number of urea groups is 1. The molecule has 1 aliphatic heterocycles. The van der Waals surface area contributed by atoms with Gasteiger partial charge in [-0.1, -0.05) is 13.3 Å². The molecule has 0 aromatic carbocycles. The van der Waals surface area contributed by atoms with Crippen molar-refractivity contribution in [3.8, 4) is 0 Å². The van der Waals surface area contributed by atoms with Gasteiger partial charge in [0.25, 0.3) is 0 Å². The van der Waals surface area contributed by atoms with Gasteiger partial charge in [0.05, 0.1) is 6.61 Å². The Morgan fingerprint density at radius 2 is 2.09 bits per heavy atom. The summed E-state index contributed by atoms with van der Waals surface area (Å²) in [6.45, 7) is 2.18. The molecule has 1 rings (SSSR count). The molecular weight excluding hydrogens is 316 g/mol. The van der Waals surface area contributed by atoms with Gasteiger partial charge in [0.1, 0.15) is 24.4 Å². The van der Waals surface area contributed by atoms with Crippen LogP contribution in [0.5, 0.6) is 0 Å². The fourth-order valence-corrected chi connectivity index (χ4v) is 2.18. The Bertz CT molecular complexity index is 336. The van der Waals surface area contributed by atoms with E-state index in [0.29, 0.717) is 6.61 Å². The number of rotatable bonds is 8. The summed E-state index contributed by atoms with van der Waals surface area (Å²) in [5, 5.41) is 34.2. The Morgan fingerprint density at radius 3 is 2.68 bits per heavy atom. The summed E-state index contributed by atoms with van der Waals surface area (Å²) in [5.74, 6) is 0.253. The lowest BCUT2D eigenvalue weighted by molar-refractivity contribution is -0.269. The van der Waals surface area contributed by atoms with E-state index < -0.39 is 43.3 Å². The van der Waals surface area contributed by atoms with E-state index in [1.807, 2.05) is 6.92 Å². The molecular formula is C13H25ClN2O6. The van der Waals surface area contributed by atoms with E-state index in [1.165, 1.54) is 0 Å². The van der Waals surface area contributed by atoms with Crippen LogP contribution in [-0.2, 0) is 9.47 Å². The van der Waals surface area contributed by atoms with Crippen molar-refractivity contribution in [1.29, 1.82) is 0 Å². The fraction of sp³-hybridized carbons (Fsp3) is 0.923. The summed E-state index contributed by atoms with van der Waals surface area (Å²) < 4.78 is 11.0. The van der Waals surface area contributed by atoms with E-state index in [0.717, 1.165) is 12.8 Å². The number of hydrogen-bond donors (Lipinski definition) is 5. The maximum absolute atomic E-state index is 11.7. The van der Waals surface area contributed by atoms with Crippen molar-refractivity contribution in [2.24, 2.45) is 0 Å². The molecule has 2 amide bonds. The molecule has 9 heteroatoms. The van der Waals surface area contributed by atoms with Crippen LogP contribution in [0.25, 0.3) is 0 Å². The third-order valence-corrected chi connectivity index (χ3v) is 3.53. The van der Waals surface area contributed by atoms with E-state index in [1.54, 1.807) is 0 Å². The smallest absolute Gasteiger partial charge is 0.315 e. The van der Waals surface area contributed by atoms with E-state index in [2.05, 4.69) is 10.6 Å². The Hall–Kier alpha value is -0.640. The van der Waals surface area contributed by atoms with Crippen LogP contribution in [-0.4, -0.2) is 77.6 Å². The summed E-state index contributed by atoms with van der Waals surface area (Å²) in [5.41, 5.74) is 0. The first-order valence-corrected chi connectivity index (χ1v) is 7.93. The Balaban J connectivity index is 2.69. The number of alkyl halides is 1. The number of aliphatic hydroxyl groups excluding tert-OH is 3. The summed E-state index contributed by atoms with van der Waals surface area (Å²) in [6.07, 6.45) is -2.87. The molecule has 1 saturated heterocycles. The van der Waals surface area contributed by atoms with Crippen LogP contribution in [0.15, 0.2) is 0 Å². The van der Waals surface area contributed by atoms with Crippen molar-refractivity contribution in [3.63, 3.8) is 0 Å². The molecule has 0 bridgehead atoms. The molecule has 1 aliphatic rings. The average Bonchev–Trinajstić information content (AvgIpc) is 2.52. The Morgan fingerprint density at radius 1 is 1.36 bits per heavy atom. The molecule has 5 atom stereocenters. The third kappa shape index (κ3) is 5.53. The quantitative estimate of drug-likeness (QED) is 0.290. The predicted molar refractivity (Wildman–Crippen MR) is 79.7 cm³/mol. The summed E-state index contributed by atoms with van der Waals surface area (Å²) >= 11 is 5.48. The highest BCUT2D eigenvalue weighted by atomic mass is 35.5. The van der Waals surface area contributed by atoms with Crippen molar-refractivity contribution >= 4 is 17.6 Å². The van der Waals surface area contributed by atoms with Crippen LogP contribution < -0.4 is 10.6 Å². The number of carbonyl (C=O) groups excluding carboxylic acids is 1. The second-order valence-electron chi connectivity index (χ2n) is 5.05. The molecule has 0 aromatic rings. The average molecular weight is 341 g/mol. The van der Waals surface area contributed by atoms with Gasteiger partial charge in [0, 0.05) is 19.0 Å². The topological polar surface area (TPSA) is 120 Å². The molecule has 22 heavy (non-hydrogen) atoms. The molecule has 5 N–H and O–H groups in total. The SMILES string of the molecule is CCCCO[C@H]1O[C@H](CO)[C@@H](O)[C@H](O)[C@H]1NC(=O)NCCCl. The minimum absolute atomic E-state index is 0.253. The largest absolute Gasteiger partial charge is 0.394 e. The van der Waals surface area contributed by atoms with Gasteiger partial charge in [0.2, 0.25) is 0 Å². The standard InChI is InChI=1S/C13H25ClN2O6/c1-2-3-6-21-12-9(16-13(20)15-5-4-14)11(19)10(18)8(7-17)22-12/h8-12,17-19H,2-7H2,1H3,(H2,15,16,20)/t8-,9-,10-,11-,12+/m1/s1. The van der Waals surface area contributed by atoms with Crippen LogP contribution in [0.4, 0.5) is 4.79 Å². The predicted octanol–water partition coefficient (Wildman–Crippen LogP) is -0.851. The summed E-state index contributed by atoms with van der Waals surface area (Å²) in [4.78, 5) is 11.7. The first-order chi connectivity index (χ1) is 10.5. The Kier molecular flexibility index (Phi) is 8.99. The lowest BCUT2D eigenvalue weighted by atomic mass is 9.97. The molecule has 0 saturated carbocycles. The van der Waals surface area contributed by atoms with E-state index in [-0.39, 0.29) is 12.4 Å². The first-order valence-electron chi connectivity index (χ1n) is 7.39. The van der Waals surface area contributed by atoms with Crippen LogP contribution in [0, 0.1) is 0 Å². The van der Waals surface area contributed by atoms with Gasteiger partial charge in [-0.2, -0.15) is 0 Å². The normalized spacial score (nSPS) is 31.8. The van der Waals surface area contributed by atoms with Crippen LogP contribution >= 0.6 is 11.6 Å². The Labute approximate surface area is 134 Å². The van der Waals surface area contributed by atoms with Gasteiger partial charge in [-0.05, 0) is 6.42 Å². The van der Waals surface area contributed by atoms with Gasteiger partial charge in [0.15, 0.2) is 6.29 Å². The van der Waals surface area contributed by atoms with Crippen molar-refractivity contribution in [1.82, 2.24) is 10.6 Å². The number of ether oxygens (including phenoxy) is 2. The van der Waals surface area contributed by atoms with Gasteiger partial charge in [-0.3, -0.25) is 0 Å². The zero-order valence-corrected chi connectivity index (χ0v) is 13.3. The number of unbranched alkanes of at least 4 members (excludes halogenated alkanes) is 1. The number of hydrogen-bond acceptors (Lipinski definition) is 6. The zero-order valence-electron chi connectivity index (χ0n) is 12.6. The number of carbonyl (C=O) groups is 1. The molecule has 1 heterocycles. The molecule has 0 aliphatic carbocycles. The molecule has 0 spiro atoms. The number of halogens is 1. The maximum atomic E-state index is 11.7. The minimum atomic E-state index is -1.32. The number of amides is 2. The highest BCUT2D eigenvalue weighted by Crippen LogP contribution is 2.22. The molecule has 0 aromatic heterocycles. The van der Waals surface area contributed by atoms with Gasteiger partial charge < -0.3 is 35.4 Å². The lowest BCUT2D eigenvalue weighted by Crippen LogP contribution is -2.65. The monoisotopic (exact) mass is 340 g/mol. The number of nitrogens with one attached hydrogen (secondary N) is 2. The maximum Gasteiger partial charge on any atom is 0.315 e. The molecule has 8 nitrogen and oxygen atoms in total. The van der Waals surface area contributed by atoms with Crippen molar-refractivity contribution < 1.29 is 29.6 Å². The highest BCUT2D eigenvalue weighted by molar-refractivity contribution is 6.18. The minimum Gasteiger partial charge on any atom is -0.394 e. The second-order valence-corrected chi connectivity index (χ2v) is 5.42. The van der Waals surface area contributed by atoms with Crippen molar-refractivity contribution in [2.45, 2.75) is 50.4 Å². The summed E-state index contributed by atoms with van der Waals surface area (Å²) in [6, 6.07) is -1.50. The van der Waals surface area contributed by atoms with Crippen LogP contribution in [0.3, 0.4) is 0 Å². The molecule has 130 valence electrons. The van der Waals surface area contributed by atoms with Crippen molar-refractivity contribution in [2.75, 3.05) is 25.6 Å². The van der Waals surface area contributed by atoms with Gasteiger partial charge >= 0.3 is 6.03 Å².